The van der Waals surface area contributed by atoms with Crippen LogP contribution >= 0.6 is 11.8 Å². The number of carboxylic acid groups (broad SMARTS) is 1. The van der Waals surface area contributed by atoms with Crippen LogP contribution in [-0.2, 0) is 4.79 Å². The Morgan fingerprint density at radius 1 is 1.71 bits per heavy atom. The van der Waals surface area contributed by atoms with Crippen molar-refractivity contribution in [2.24, 2.45) is 4.99 Å². The Kier molecular flexibility index (Phi) is 3.63. The highest BCUT2D eigenvalue weighted by molar-refractivity contribution is 8.14. The fourth-order valence-corrected chi connectivity index (χ4v) is 1.85. The molecular formula is C7H8N2O4S. The summed E-state index contributed by atoms with van der Waals surface area (Å²) in [5, 5.41) is 19.1. The Morgan fingerprint density at radius 2 is 2.43 bits per heavy atom. The zero-order chi connectivity index (χ0) is 10.6. The summed E-state index contributed by atoms with van der Waals surface area (Å²) in [6, 6.07) is 0. The lowest BCUT2D eigenvalue weighted by atomic mass is 10.4. The number of rotatable bonds is 3. The van der Waals surface area contributed by atoms with E-state index in [1.54, 1.807) is 0 Å². The minimum absolute atomic E-state index is 0.212. The van der Waals surface area contributed by atoms with Gasteiger partial charge >= 0.3 is 11.7 Å². The molecule has 0 aromatic heterocycles. The third-order valence-corrected chi connectivity index (χ3v) is 2.58. The molecular weight excluding hydrogens is 208 g/mol. The van der Waals surface area contributed by atoms with E-state index in [4.69, 9.17) is 5.11 Å². The Bertz CT molecular complexity index is 324. The lowest BCUT2D eigenvalue weighted by Gasteiger charge is -2.07. The number of aliphatic imine (C=N–C) groups is 1. The van der Waals surface area contributed by atoms with Crippen LogP contribution in [0.3, 0.4) is 0 Å². The Hall–Kier alpha value is -1.37. The van der Waals surface area contributed by atoms with E-state index >= 15 is 0 Å². The van der Waals surface area contributed by atoms with Gasteiger partial charge in [0.2, 0.25) is 0 Å². The first-order chi connectivity index (χ1) is 6.61. The van der Waals surface area contributed by atoms with E-state index in [-0.39, 0.29) is 5.04 Å². The number of thioether (sulfide) groups is 1. The van der Waals surface area contributed by atoms with Crippen LogP contribution in [0.5, 0.6) is 0 Å². The average Bonchev–Trinajstić information content (AvgIpc) is 2.15. The zero-order valence-corrected chi connectivity index (χ0v) is 7.99. The molecule has 1 aliphatic heterocycles. The second-order valence-electron chi connectivity index (χ2n) is 2.51. The summed E-state index contributed by atoms with van der Waals surface area (Å²) in [6.07, 6.45) is 1.45. The predicted molar refractivity (Wildman–Crippen MR) is 52.1 cm³/mol. The summed E-state index contributed by atoms with van der Waals surface area (Å²) >= 11 is 1.22. The van der Waals surface area contributed by atoms with Gasteiger partial charge in [-0.05, 0) is 6.42 Å². The Labute approximate surface area is 83.9 Å². The molecule has 1 aliphatic rings. The smallest absolute Gasteiger partial charge is 0.335 e. The highest BCUT2D eigenvalue weighted by Gasteiger charge is 2.22. The molecule has 0 aliphatic carbocycles. The van der Waals surface area contributed by atoms with Crippen LogP contribution in [0.15, 0.2) is 16.8 Å². The summed E-state index contributed by atoms with van der Waals surface area (Å²) in [5.74, 6) is -0.588. The van der Waals surface area contributed by atoms with E-state index in [0.717, 1.165) is 12.2 Å². The number of nitrogens with zero attached hydrogens (tertiary/aromatic N) is 2. The third kappa shape index (κ3) is 2.84. The fourth-order valence-electron chi connectivity index (χ4n) is 0.924. The molecule has 7 heteroatoms. The Balaban J connectivity index is 2.93. The molecule has 14 heavy (non-hydrogen) atoms. The van der Waals surface area contributed by atoms with Crippen molar-refractivity contribution in [3.05, 3.63) is 21.9 Å². The molecule has 0 radical (unpaired) electrons. The zero-order valence-electron chi connectivity index (χ0n) is 7.17. The summed E-state index contributed by atoms with van der Waals surface area (Å²) in [6.45, 7) is 0.521. The van der Waals surface area contributed by atoms with Gasteiger partial charge in [-0.15, -0.1) is 0 Å². The van der Waals surface area contributed by atoms with Crippen LogP contribution < -0.4 is 0 Å². The largest absolute Gasteiger partial charge is 0.478 e. The first kappa shape index (κ1) is 10.7. The second kappa shape index (κ2) is 4.75. The summed E-state index contributed by atoms with van der Waals surface area (Å²) < 4.78 is 0. The summed E-state index contributed by atoms with van der Waals surface area (Å²) in [7, 11) is 0. The molecule has 0 amide bonds. The quantitative estimate of drug-likeness (QED) is 0.427. The van der Waals surface area contributed by atoms with Gasteiger partial charge in [-0.3, -0.25) is 15.1 Å². The molecule has 0 unspecified atom stereocenters. The number of aliphatic carboxylic acids is 1. The van der Waals surface area contributed by atoms with Crippen molar-refractivity contribution in [2.75, 3.05) is 12.3 Å². The van der Waals surface area contributed by atoms with Crippen LogP contribution in [0.1, 0.15) is 6.42 Å². The van der Waals surface area contributed by atoms with Gasteiger partial charge < -0.3 is 5.11 Å². The highest BCUT2D eigenvalue weighted by atomic mass is 32.2. The van der Waals surface area contributed by atoms with Crippen molar-refractivity contribution < 1.29 is 14.8 Å². The van der Waals surface area contributed by atoms with Gasteiger partial charge in [-0.2, -0.15) is 0 Å². The van der Waals surface area contributed by atoms with Crippen LogP contribution in [0.4, 0.5) is 0 Å². The normalized spacial score (nSPS) is 17.4. The molecule has 0 aromatic rings. The standard InChI is InChI=1S/C7H8N2O4S/c10-6(11)4-5(9(12)13)7-8-2-1-3-14-7/h4H,1-3H2,(H,10,11)/b5-4-. The third-order valence-electron chi connectivity index (χ3n) is 1.47. The molecule has 0 atom stereocenters. The molecule has 1 rings (SSSR count). The van der Waals surface area contributed by atoms with Crippen LogP contribution in [0.2, 0.25) is 0 Å². The van der Waals surface area contributed by atoms with Gasteiger partial charge in [0.05, 0.1) is 4.92 Å². The first-order valence-electron chi connectivity index (χ1n) is 3.88. The maximum absolute atomic E-state index is 10.5. The van der Waals surface area contributed by atoms with Gasteiger partial charge in [-0.1, -0.05) is 11.8 Å². The molecule has 0 fully saturated rings. The highest BCUT2D eigenvalue weighted by Crippen LogP contribution is 2.18. The lowest BCUT2D eigenvalue weighted by molar-refractivity contribution is -0.414. The van der Waals surface area contributed by atoms with E-state index in [2.05, 4.69) is 4.99 Å². The van der Waals surface area contributed by atoms with Gasteiger partial charge in [0, 0.05) is 12.3 Å². The Morgan fingerprint density at radius 3 is 2.86 bits per heavy atom. The van der Waals surface area contributed by atoms with E-state index in [0.29, 0.717) is 12.6 Å². The maximum Gasteiger partial charge on any atom is 0.335 e. The minimum Gasteiger partial charge on any atom is -0.478 e. The van der Waals surface area contributed by atoms with Gasteiger partial charge in [0.1, 0.15) is 6.08 Å². The van der Waals surface area contributed by atoms with Crippen molar-refractivity contribution in [3.63, 3.8) is 0 Å². The number of carbonyl (C=O) groups is 1. The molecule has 0 saturated carbocycles. The summed E-state index contributed by atoms with van der Waals surface area (Å²) in [4.78, 5) is 24.0. The lowest BCUT2D eigenvalue weighted by Crippen LogP contribution is -2.14. The number of hydrogen-bond acceptors (Lipinski definition) is 5. The summed E-state index contributed by atoms with van der Waals surface area (Å²) in [5.41, 5.74) is -0.429. The van der Waals surface area contributed by atoms with Crippen molar-refractivity contribution in [2.45, 2.75) is 6.42 Å². The number of nitro groups is 1. The van der Waals surface area contributed by atoms with Crippen molar-refractivity contribution in [1.29, 1.82) is 0 Å². The van der Waals surface area contributed by atoms with E-state index in [1.165, 1.54) is 11.8 Å². The molecule has 0 spiro atoms. The number of carboxylic acids is 1. The van der Waals surface area contributed by atoms with Crippen molar-refractivity contribution >= 4 is 22.8 Å². The second-order valence-corrected chi connectivity index (χ2v) is 3.60. The predicted octanol–water partition coefficient (Wildman–Crippen LogP) is 0.767. The molecule has 1 heterocycles. The first-order valence-corrected chi connectivity index (χ1v) is 4.86. The monoisotopic (exact) mass is 216 g/mol. The van der Waals surface area contributed by atoms with Crippen molar-refractivity contribution in [1.82, 2.24) is 0 Å². The van der Waals surface area contributed by atoms with Gasteiger partial charge in [0.25, 0.3) is 0 Å². The topological polar surface area (TPSA) is 92.8 Å². The van der Waals surface area contributed by atoms with E-state index in [9.17, 15) is 14.9 Å². The molecule has 0 aromatic carbocycles. The van der Waals surface area contributed by atoms with E-state index < -0.39 is 16.6 Å². The minimum atomic E-state index is -1.33. The molecule has 76 valence electrons. The van der Waals surface area contributed by atoms with Crippen LogP contribution in [0.25, 0.3) is 0 Å². The van der Waals surface area contributed by atoms with Crippen LogP contribution in [-0.4, -0.2) is 33.3 Å². The van der Waals surface area contributed by atoms with Crippen LogP contribution in [0, 0.1) is 10.1 Å². The number of hydrogen-bond donors (Lipinski definition) is 1. The fraction of sp³-hybridized carbons (Fsp3) is 0.429. The molecule has 1 N–H and O–H groups in total. The maximum atomic E-state index is 10.5. The average molecular weight is 216 g/mol. The van der Waals surface area contributed by atoms with Gasteiger partial charge in [0.15, 0.2) is 5.04 Å². The molecule has 6 nitrogen and oxygen atoms in total. The van der Waals surface area contributed by atoms with Crippen molar-refractivity contribution in [3.8, 4) is 0 Å². The molecule has 0 saturated heterocycles. The van der Waals surface area contributed by atoms with Gasteiger partial charge in [-0.25, -0.2) is 4.79 Å². The molecule has 0 bridgehead atoms. The van der Waals surface area contributed by atoms with E-state index in [1.807, 2.05) is 0 Å². The SMILES string of the molecule is O=C(O)/C=C(/C1=NCCCS1)[N+](=O)[O-].